The first-order valence-corrected chi connectivity index (χ1v) is 7.35. The molecule has 17 heteroatoms. The van der Waals surface area contributed by atoms with Crippen molar-refractivity contribution in [2.24, 2.45) is 0 Å². The third-order valence-corrected chi connectivity index (χ3v) is 3.57. The van der Waals surface area contributed by atoms with E-state index in [4.69, 9.17) is 0 Å². The maximum atomic E-state index is 13.7. The van der Waals surface area contributed by atoms with E-state index in [1.54, 1.807) is 0 Å². The number of nitrogens with zero attached hydrogens (tertiary/aromatic N) is 5. The first-order chi connectivity index (χ1) is 13.4. The molecule has 0 amide bonds. The van der Waals surface area contributed by atoms with Crippen molar-refractivity contribution in [1.29, 1.82) is 0 Å². The van der Waals surface area contributed by atoms with E-state index in [2.05, 4.69) is 15.1 Å². The molecule has 2 rings (SSSR count). The summed E-state index contributed by atoms with van der Waals surface area (Å²) in [6, 6.07) is 1.55. The quantitative estimate of drug-likeness (QED) is 0.383. The second kappa shape index (κ2) is 7.05. The van der Waals surface area contributed by atoms with Crippen LogP contribution in [0, 0.1) is 17.0 Å². The average molecular weight is 455 g/mol. The van der Waals surface area contributed by atoms with Gasteiger partial charge in [-0.25, -0.2) is 14.6 Å². The summed E-state index contributed by atoms with van der Waals surface area (Å²) in [6.45, 7) is -0.196. The summed E-state index contributed by atoms with van der Waals surface area (Å²) in [5.41, 5.74) is -1.39. The number of alkyl halides is 10. The van der Waals surface area contributed by atoms with Gasteiger partial charge in [-0.2, -0.15) is 43.9 Å². The van der Waals surface area contributed by atoms with E-state index >= 15 is 0 Å². The Morgan fingerprint density at radius 2 is 1.47 bits per heavy atom. The molecule has 0 radical (unpaired) electrons. The van der Waals surface area contributed by atoms with Crippen LogP contribution in [0.3, 0.4) is 0 Å². The first-order valence-electron chi connectivity index (χ1n) is 7.35. The van der Waals surface area contributed by atoms with E-state index in [1.807, 2.05) is 0 Å². The Balaban J connectivity index is 2.63. The van der Waals surface area contributed by atoms with Crippen LogP contribution in [0.2, 0.25) is 0 Å². The highest BCUT2D eigenvalue weighted by molar-refractivity contribution is 5.35. The smallest absolute Gasteiger partial charge is 0.258 e. The SMILES string of the molecule is Cc1nc(Cn2nc(C(F)(F)C(F)(F)F)nc2C(F)(F)C(F)(F)F)ccc1[N+](=O)[O-]. The van der Waals surface area contributed by atoms with Crippen LogP contribution in [0.1, 0.15) is 23.0 Å². The molecule has 0 aliphatic heterocycles. The number of hydrogen-bond donors (Lipinski definition) is 0. The van der Waals surface area contributed by atoms with Gasteiger partial charge in [0, 0.05) is 6.07 Å². The molecule has 7 nitrogen and oxygen atoms in total. The minimum absolute atomic E-state index is 0.331. The van der Waals surface area contributed by atoms with Crippen LogP contribution in [0.25, 0.3) is 0 Å². The highest BCUT2D eigenvalue weighted by atomic mass is 19.4. The lowest BCUT2D eigenvalue weighted by molar-refractivity contribution is -0.385. The first kappa shape index (κ1) is 23.3. The van der Waals surface area contributed by atoms with Crippen LogP contribution >= 0.6 is 0 Å². The third-order valence-electron chi connectivity index (χ3n) is 3.57. The van der Waals surface area contributed by atoms with Gasteiger partial charge in [-0.1, -0.05) is 0 Å². The molecule has 2 aromatic heterocycles. The number of halogens is 10. The van der Waals surface area contributed by atoms with Crippen molar-refractivity contribution in [3.05, 3.63) is 45.3 Å². The van der Waals surface area contributed by atoms with Crippen LogP contribution in [-0.2, 0) is 18.4 Å². The molecule has 2 heterocycles. The zero-order chi connectivity index (χ0) is 23.3. The predicted octanol–water partition coefficient (Wildman–Crippen LogP) is 4.25. The maximum absolute atomic E-state index is 13.7. The van der Waals surface area contributed by atoms with E-state index in [9.17, 15) is 54.0 Å². The topological polar surface area (TPSA) is 86.7 Å². The summed E-state index contributed by atoms with van der Waals surface area (Å²) >= 11 is 0. The van der Waals surface area contributed by atoms with Crippen molar-refractivity contribution in [1.82, 2.24) is 19.7 Å². The Morgan fingerprint density at radius 3 is 1.90 bits per heavy atom. The van der Waals surface area contributed by atoms with Crippen LogP contribution in [0.4, 0.5) is 49.6 Å². The van der Waals surface area contributed by atoms with Crippen molar-refractivity contribution in [2.75, 3.05) is 0 Å². The lowest BCUT2D eigenvalue weighted by Crippen LogP contribution is -2.37. The van der Waals surface area contributed by atoms with Crippen LogP contribution in [0.15, 0.2) is 12.1 Å². The zero-order valence-corrected chi connectivity index (χ0v) is 14.2. The zero-order valence-electron chi connectivity index (χ0n) is 14.2. The molecule has 0 aliphatic carbocycles. The molecule has 0 fully saturated rings. The minimum Gasteiger partial charge on any atom is -0.258 e. The average Bonchev–Trinajstić information content (AvgIpc) is 2.97. The number of hydrogen-bond acceptors (Lipinski definition) is 5. The number of rotatable bonds is 5. The highest BCUT2D eigenvalue weighted by Crippen LogP contribution is 2.46. The molecule has 30 heavy (non-hydrogen) atoms. The summed E-state index contributed by atoms with van der Waals surface area (Å²) in [5, 5.41) is 13.2. The third kappa shape index (κ3) is 4.00. The van der Waals surface area contributed by atoms with Crippen molar-refractivity contribution < 1.29 is 48.8 Å². The number of nitro groups is 1. The van der Waals surface area contributed by atoms with Gasteiger partial charge >= 0.3 is 24.2 Å². The molecule has 0 bridgehead atoms. The lowest BCUT2D eigenvalue weighted by Gasteiger charge is -2.19. The van der Waals surface area contributed by atoms with E-state index in [0.29, 0.717) is 0 Å². The van der Waals surface area contributed by atoms with Gasteiger partial charge in [0.1, 0.15) is 5.69 Å². The number of pyridine rings is 1. The second-order valence-corrected chi connectivity index (χ2v) is 5.73. The van der Waals surface area contributed by atoms with Gasteiger partial charge in [0.05, 0.1) is 17.2 Å². The molecule has 2 aromatic rings. The molecule has 0 saturated heterocycles. The fourth-order valence-corrected chi connectivity index (χ4v) is 2.11. The van der Waals surface area contributed by atoms with Crippen molar-refractivity contribution in [3.63, 3.8) is 0 Å². The summed E-state index contributed by atoms with van der Waals surface area (Å²) < 4.78 is 129. The molecular weight excluding hydrogens is 448 g/mol. The van der Waals surface area contributed by atoms with Crippen molar-refractivity contribution >= 4 is 5.69 Å². The summed E-state index contributed by atoms with van der Waals surface area (Å²) in [7, 11) is 0. The molecule has 0 N–H and O–H groups in total. The standard InChI is InChI=1S/C13H7F10N5O2/c1-5-7(28(29)30)3-2-6(24-5)4-27-9(11(16,17)13(21,22)23)25-8(26-27)10(14,15)12(18,19)20/h2-3H,4H2,1H3. The molecule has 0 aliphatic rings. The Morgan fingerprint density at radius 1 is 0.933 bits per heavy atom. The van der Waals surface area contributed by atoms with E-state index < -0.39 is 63.4 Å². The van der Waals surface area contributed by atoms with Crippen molar-refractivity contribution in [2.45, 2.75) is 37.7 Å². The predicted molar refractivity (Wildman–Crippen MR) is 74.7 cm³/mol. The molecule has 166 valence electrons. The minimum atomic E-state index is -6.40. The van der Waals surface area contributed by atoms with E-state index in [1.165, 1.54) is 0 Å². The molecule has 0 unspecified atom stereocenters. The fraction of sp³-hybridized carbons (Fsp3) is 0.462. The largest absolute Gasteiger partial charge is 0.461 e. The molecule has 0 spiro atoms. The summed E-state index contributed by atoms with van der Waals surface area (Å²) in [5.74, 6) is -17.1. The second-order valence-electron chi connectivity index (χ2n) is 5.73. The van der Waals surface area contributed by atoms with Crippen LogP contribution in [0.5, 0.6) is 0 Å². The van der Waals surface area contributed by atoms with Crippen LogP contribution in [-0.4, -0.2) is 37.0 Å². The van der Waals surface area contributed by atoms with Gasteiger partial charge in [0.2, 0.25) is 11.6 Å². The lowest BCUT2D eigenvalue weighted by atomic mass is 10.2. The Bertz CT molecular complexity index is 966. The fourth-order valence-electron chi connectivity index (χ4n) is 2.11. The molecular formula is C13H7F10N5O2. The monoisotopic (exact) mass is 455 g/mol. The van der Waals surface area contributed by atoms with Gasteiger partial charge in [0.25, 0.3) is 5.69 Å². The molecule has 0 atom stereocenters. The van der Waals surface area contributed by atoms with Gasteiger partial charge in [-0.05, 0) is 13.0 Å². The van der Waals surface area contributed by atoms with Gasteiger partial charge in [-0.3, -0.25) is 10.1 Å². The van der Waals surface area contributed by atoms with E-state index in [0.717, 1.165) is 19.1 Å². The van der Waals surface area contributed by atoms with Crippen molar-refractivity contribution in [3.8, 4) is 0 Å². The van der Waals surface area contributed by atoms with Gasteiger partial charge in [0.15, 0.2) is 0 Å². The summed E-state index contributed by atoms with van der Waals surface area (Å²) in [4.78, 5) is 15.5. The molecule has 0 saturated carbocycles. The highest BCUT2D eigenvalue weighted by Gasteiger charge is 2.65. The van der Waals surface area contributed by atoms with Gasteiger partial charge in [-0.15, -0.1) is 5.10 Å². The van der Waals surface area contributed by atoms with Crippen LogP contribution < -0.4 is 0 Å². The number of aromatic nitrogens is 4. The summed E-state index contributed by atoms with van der Waals surface area (Å²) in [6.07, 6.45) is -12.8. The van der Waals surface area contributed by atoms with Gasteiger partial charge < -0.3 is 0 Å². The van der Waals surface area contributed by atoms with E-state index in [-0.39, 0.29) is 5.69 Å². The molecule has 0 aromatic carbocycles. The Labute approximate surface area is 158 Å². The number of aryl methyl sites for hydroxylation is 1. The normalized spacial score (nSPS) is 13.6. The maximum Gasteiger partial charge on any atom is 0.461 e. The Kier molecular flexibility index (Phi) is 5.47. The Hall–Kier alpha value is -3.01.